The van der Waals surface area contributed by atoms with Crippen LogP contribution >= 0.6 is 0 Å². The van der Waals surface area contributed by atoms with Gasteiger partial charge in [-0.1, -0.05) is 6.92 Å². The predicted octanol–water partition coefficient (Wildman–Crippen LogP) is 0.442. The van der Waals surface area contributed by atoms with Crippen molar-refractivity contribution in [2.75, 3.05) is 32.7 Å². The van der Waals surface area contributed by atoms with E-state index < -0.39 is 0 Å². The van der Waals surface area contributed by atoms with Crippen LogP contribution in [0.25, 0.3) is 0 Å². The van der Waals surface area contributed by atoms with Crippen LogP contribution in [0, 0.1) is 11.8 Å². The minimum absolute atomic E-state index is 0.179. The summed E-state index contributed by atoms with van der Waals surface area (Å²) < 4.78 is 0. The van der Waals surface area contributed by atoms with Crippen LogP contribution in [0.1, 0.15) is 26.7 Å². The minimum Gasteiger partial charge on any atom is -0.355 e. The molecule has 0 aromatic carbocycles. The van der Waals surface area contributed by atoms with Gasteiger partial charge in [-0.3, -0.25) is 4.79 Å². The summed E-state index contributed by atoms with van der Waals surface area (Å²) >= 11 is 0. The van der Waals surface area contributed by atoms with Gasteiger partial charge in [-0.25, -0.2) is 0 Å². The second-order valence-electron chi connectivity index (χ2n) is 5.43. The molecule has 0 aromatic heterocycles. The Labute approximate surface area is 104 Å². The maximum Gasteiger partial charge on any atom is 0.224 e. The van der Waals surface area contributed by atoms with E-state index in [4.69, 9.17) is 0 Å². The van der Waals surface area contributed by atoms with E-state index in [1.54, 1.807) is 0 Å². The van der Waals surface area contributed by atoms with E-state index >= 15 is 0 Å². The number of hydrogen-bond donors (Lipinski definition) is 2. The first kappa shape index (κ1) is 12.8. The molecule has 2 heterocycles. The molecule has 3 atom stereocenters. The van der Waals surface area contributed by atoms with Gasteiger partial charge in [-0.2, -0.15) is 0 Å². The largest absolute Gasteiger partial charge is 0.355 e. The number of nitrogens with zero attached hydrogens (tertiary/aromatic N) is 1. The molecule has 2 rings (SSSR count). The molecule has 0 aliphatic carbocycles. The first-order valence-corrected chi connectivity index (χ1v) is 6.94. The summed E-state index contributed by atoms with van der Waals surface area (Å²) in [4.78, 5) is 14.5. The summed E-state index contributed by atoms with van der Waals surface area (Å²) in [6.07, 6.45) is 2.21. The number of hydrogen-bond acceptors (Lipinski definition) is 3. The van der Waals surface area contributed by atoms with Gasteiger partial charge in [0.2, 0.25) is 5.91 Å². The summed E-state index contributed by atoms with van der Waals surface area (Å²) in [6, 6.07) is 0.339. The van der Waals surface area contributed by atoms with Gasteiger partial charge in [-0.05, 0) is 45.3 Å². The molecular formula is C13H25N3O. The quantitative estimate of drug-likeness (QED) is 0.748. The molecule has 4 nitrogen and oxygen atoms in total. The van der Waals surface area contributed by atoms with Gasteiger partial charge in [0, 0.05) is 19.1 Å². The molecule has 0 saturated carbocycles. The molecule has 2 fully saturated rings. The van der Waals surface area contributed by atoms with Crippen LogP contribution in [0.4, 0.5) is 0 Å². The van der Waals surface area contributed by atoms with E-state index in [2.05, 4.69) is 29.4 Å². The standard InChI is InChI=1S/C13H25N3O/c1-3-16-7-5-11(9-16)8-15-13(17)12-4-6-14-10(12)2/h10-12,14H,3-9H2,1-2H3,(H,15,17). The number of likely N-dealkylation sites (tertiary alicyclic amines) is 1. The lowest BCUT2D eigenvalue weighted by atomic mass is 10.0. The van der Waals surface area contributed by atoms with Crippen molar-refractivity contribution in [1.29, 1.82) is 0 Å². The van der Waals surface area contributed by atoms with Crippen molar-refractivity contribution in [1.82, 2.24) is 15.5 Å². The van der Waals surface area contributed by atoms with Crippen molar-refractivity contribution in [2.24, 2.45) is 11.8 Å². The average Bonchev–Trinajstić information content (AvgIpc) is 2.94. The zero-order chi connectivity index (χ0) is 12.3. The topological polar surface area (TPSA) is 44.4 Å². The Morgan fingerprint density at radius 1 is 1.47 bits per heavy atom. The van der Waals surface area contributed by atoms with Gasteiger partial charge in [0.15, 0.2) is 0 Å². The van der Waals surface area contributed by atoms with E-state index in [1.165, 1.54) is 13.0 Å². The number of amides is 1. The van der Waals surface area contributed by atoms with Gasteiger partial charge in [0.1, 0.15) is 0 Å². The maximum atomic E-state index is 12.0. The molecule has 3 unspecified atom stereocenters. The van der Waals surface area contributed by atoms with E-state index in [1.807, 2.05) is 0 Å². The highest BCUT2D eigenvalue weighted by atomic mass is 16.1. The van der Waals surface area contributed by atoms with Gasteiger partial charge in [-0.15, -0.1) is 0 Å². The summed E-state index contributed by atoms with van der Waals surface area (Å²) in [5.74, 6) is 1.08. The highest BCUT2D eigenvalue weighted by Gasteiger charge is 2.30. The van der Waals surface area contributed by atoms with Crippen molar-refractivity contribution in [3.05, 3.63) is 0 Å². The summed E-state index contributed by atoms with van der Waals surface area (Å²) in [5, 5.41) is 6.46. The number of nitrogens with one attached hydrogen (secondary N) is 2. The van der Waals surface area contributed by atoms with Crippen LogP contribution in [-0.4, -0.2) is 49.6 Å². The van der Waals surface area contributed by atoms with Gasteiger partial charge in [0.25, 0.3) is 0 Å². The van der Waals surface area contributed by atoms with Crippen LogP contribution in [-0.2, 0) is 4.79 Å². The Kier molecular flexibility index (Phi) is 4.40. The Morgan fingerprint density at radius 3 is 2.88 bits per heavy atom. The van der Waals surface area contributed by atoms with E-state index in [0.29, 0.717) is 12.0 Å². The lowest BCUT2D eigenvalue weighted by molar-refractivity contribution is -0.125. The molecule has 2 aliphatic heterocycles. The first-order valence-electron chi connectivity index (χ1n) is 6.94. The fourth-order valence-corrected chi connectivity index (χ4v) is 2.96. The molecule has 2 aliphatic rings. The smallest absolute Gasteiger partial charge is 0.224 e. The van der Waals surface area contributed by atoms with Crippen LogP contribution in [0.15, 0.2) is 0 Å². The van der Waals surface area contributed by atoms with E-state index in [9.17, 15) is 4.79 Å². The van der Waals surface area contributed by atoms with Crippen molar-refractivity contribution >= 4 is 5.91 Å². The van der Waals surface area contributed by atoms with Crippen LogP contribution in [0.2, 0.25) is 0 Å². The average molecular weight is 239 g/mol. The fourth-order valence-electron chi connectivity index (χ4n) is 2.96. The Morgan fingerprint density at radius 2 is 2.29 bits per heavy atom. The molecule has 0 bridgehead atoms. The second-order valence-corrected chi connectivity index (χ2v) is 5.43. The molecular weight excluding hydrogens is 214 g/mol. The van der Waals surface area contributed by atoms with Crippen molar-refractivity contribution < 1.29 is 4.79 Å². The summed E-state index contributed by atoms with van der Waals surface area (Å²) in [7, 11) is 0. The molecule has 2 saturated heterocycles. The zero-order valence-corrected chi connectivity index (χ0v) is 11.0. The first-order chi connectivity index (χ1) is 8.20. The fraction of sp³-hybridized carbons (Fsp3) is 0.923. The Hall–Kier alpha value is -0.610. The second kappa shape index (κ2) is 5.83. The lowest BCUT2D eigenvalue weighted by Gasteiger charge is -2.17. The minimum atomic E-state index is 0.179. The van der Waals surface area contributed by atoms with Crippen molar-refractivity contribution in [2.45, 2.75) is 32.7 Å². The molecule has 4 heteroatoms. The third kappa shape index (κ3) is 3.19. The normalized spacial score (nSPS) is 34.1. The van der Waals surface area contributed by atoms with Crippen molar-refractivity contribution in [3.8, 4) is 0 Å². The number of carbonyl (C=O) groups excluding carboxylic acids is 1. The molecule has 1 amide bonds. The summed E-state index contributed by atoms with van der Waals surface area (Å²) in [5.41, 5.74) is 0. The molecule has 17 heavy (non-hydrogen) atoms. The third-order valence-corrected chi connectivity index (χ3v) is 4.24. The predicted molar refractivity (Wildman–Crippen MR) is 68.8 cm³/mol. The van der Waals surface area contributed by atoms with Crippen LogP contribution < -0.4 is 10.6 Å². The summed E-state index contributed by atoms with van der Waals surface area (Å²) in [6.45, 7) is 9.62. The Bertz CT molecular complexity index is 269. The highest BCUT2D eigenvalue weighted by Crippen LogP contribution is 2.17. The zero-order valence-electron chi connectivity index (χ0n) is 11.0. The molecule has 2 N–H and O–H groups in total. The Balaban J connectivity index is 1.70. The van der Waals surface area contributed by atoms with Crippen LogP contribution in [0.3, 0.4) is 0 Å². The van der Waals surface area contributed by atoms with Gasteiger partial charge < -0.3 is 15.5 Å². The van der Waals surface area contributed by atoms with Gasteiger partial charge in [0.05, 0.1) is 5.92 Å². The van der Waals surface area contributed by atoms with E-state index in [0.717, 1.165) is 32.6 Å². The SMILES string of the molecule is CCN1CCC(CNC(=O)C2CCNC2C)C1. The van der Waals surface area contributed by atoms with Crippen LogP contribution in [0.5, 0.6) is 0 Å². The molecule has 98 valence electrons. The maximum absolute atomic E-state index is 12.0. The lowest BCUT2D eigenvalue weighted by Crippen LogP contribution is -2.39. The monoisotopic (exact) mass is 239 g/mol. The molecule has 0 aromatic rings. The van der Waals surface area contributed by atoms with E-state index in [-0.39, 0.29) is 11.8 Å². The number of carbonyl (C=O) groups is 1. The third-order valence-electron chi connectivity index (χ3n) is 4.24. The number of rotatable bonds is 4. The molecule has 0 radical (unpaired) electrons. The van der Waals surface area contributed by atoms with Crippen molar-refractivity contribution in [3.63, 3.8) is 0 Å². The molecule has 0 spiro atoms. The van der Waals surface area contributed by atoms with Gasteiger partial charge >= 0.3 is 0 Å². The highest BCUT2D eigenvalue weighted by molar-refractivity contribution is 5.79.